The van der Waals surface area contributed by atoms with Crippen molar-refractivity contribution in [3.63, 3.8) is 0 Å². The van der Waals surface area contributed by atoms with Gasteiger partial charge in [0.1, 0.15) is 18.2 Å². The van der Waals surface area contributed by atoms with Crippen molar-refractivity contribution in [2.45, 2.75) is 13.1 Å². The van der Waals surface area contributed by atoms with E-state index >= 15 is 0 Å². The monoisotopic (exact) mass is 227 g/mol. The van der Waals surface area contributed by atoms with Gasteiger partial charge in [-0.05, 0) is 37.7 Å². The molecule has 0 bridgehead atoms. The predicted molar refractivity (Wildman–Crippen MR) is 62.0 cm³/mol. The lowest BCUT2D eigenvalue weighted by Gasteiger charge is -2.13. The predicted octanol–water partition coefficient (Wildman–Crippen LogP) is 1.94. The molecular formula is C12H18FNO2. The van der Waals surface area contributed by atoms with Crippen LogP contribution >= 0.6 is 0 Å². The van der Waals surface area contributed by atoms with E-state index in [9.17, 15) is 4.39 Å². The molecule has 0 atom stereocenters. The zero-order valence-corrected chi connectivity index (χ0v) is 9.97. The van der Waals surface area contributed by atoms with Crippen LogP contribution in [0.4, 0.5) is 4.39 Å². The molecule has 3 nitrogen and oxygen atoms in total. The average Bonchev–Trinajstić information content (AvgIpc) is 2.35. The number of halogens is 1. The summed E-state index contributed by atoms with van der Waals surface area (Å²) in [6, 6.07) is 3.54. The number of rotatable bonds is 6. The second-order valence-corrected chi connectivity index (χ2v) is 3.46. The first-order valence-corrected chi connectivity index (χ1v) is 5.21. The molecular weight excluding hydrogens is 209 g/mol. The Balaban J connectivity index is 3.05. The number of benzene rings is 1. The standard InChI is InChI=1S/C12H18FNO2/c1-14-5-4-9-6-12(16-3)10(8-13)7-11(9)15-2/h6-7,14H,4-5,8H2,1-3H3. The van der Waals surface area contributed by atoms with E-state index in [1.54, 1.807) is 20.3 Å². The molecule has 0 saturated carbocycles. The lowest BCUT2D eigenvalue weighted by Crippen LogP contribution is -2.11. The van der Waals surface area contributed by atoms with Crippen molar-refractivity contribution in [2.24, 2.45) is 0 Å². The highest BCUT2D eigenvalue weighted by Crippen LogP contribution is 2.29. The summed E-state index contributed by atoms with van der Waals surface area (Å²) in [6.45, 7) is 0.292. The van der Waals surface area contributed by atoms with Gasteiger partial charge in [-0.3, -0.25) is 0 Å². The fraction of sp³-hybridized carbons (Fsp3) is 0.500. The Kier molecular flexibility index (Phi) is 5.05. The molecule has 0 aliphatic heterocycles. The molecule has 16 heavy (non-hydrogen) atoms. The minimum atomic E-state index is -0.550. The number of hydrogen-bond donors (Lipinski definition) is 1. The number of likely N-dealkylation sites (N-methyl/N-ethyl adjacent to an activating group) is 1. The summed E-state index contributed by atoms with van der Waals surface area (Å²) >= 11 is 0. The molecule has 0 spiro atoms. The van der Waals surface area contributed by atoms with Gasteiger partial charge in [0.15, 0.2) is 0 Å². The van der Waals surface area contributed by atoms with Crippen molar-refractivity contribution < 1.29 is 13.9 Å². The van der Waals surface area contributed by atoms with Gasteiger partial charge in [0.25, 0.3) is 0 Å². The normalized spacial score (nSPS) is 10.2. The summed E-state index contributed by atoms with van der Waals surface area (Å²) in [6.07, 6.45) is 0.822. The molecule has 0 aliphatic rings. The molecule has 0 aliphatic carbocycles. The van der Waals surface area contributed by atoms with E-state index in [0.717, 1.165) is 18.5 Å². The fourth-order valence-corrected chi connectivity index (χ4v) is 1.58. The van der Waals surface area contributed by atoms with Crippen LogP contribution in [0.1, 0.15) is 11.1 Å². The second kappa shape index (κ2) is 6.33. The smallest absolute Gasteiger partial charge is 0.125 e. The van der Waals surface area contributed by atoms with Crippen LogP contribution in [-0.4, -0.2) is 27.8 Å². The first-order chi connectivity index (χ1) is 7.76. The van der Waals surface area contributed by atoms with Crippen molar-refractivity contribution in [3.8, 4) is 11.5 Å². The summed E-state index contributed by atoms with van der Waals surface area (Å²) in [5, 5.41) is 3.06. The van der Waals surface area contributed by atoms with Crippen LogP contribution in [0.5, 0.6) is 11.5 Å². The van der Waals surface area contributed by atoms with Gasteiger partial charge < -0.3 is 14.8 Å². The molecule has 0 amide bonds. The zero-order chi connectivity index (χ0) is 12.0. The number of hydrogen-bond acceptors (Lipinski definition) is 3. The van der Waals surface area contributed by atoms with E-state index in [2.05, 4.69) is 5.32 Å². The topological polar surface area (TPSA) is 30.5 Å². The second-order valence-electron chi connectivity index (χ2n) is 3.46. The number of alkyl halides is 1. The van der Waals surface area contributed by atoms with Crippen LogP contribution in [0, 0.1) is 0 Å². The summed E-state index contributed by atoms with van der Waals surface area (Å²) in [4.78, 5) is 0. The highest BCUT2D eigenvalue weighted by molar-refractivity contribution is 5.46. The Morgan fingerprint density at radius 1 is 1.12 bits per heavy atom. The van der Waals surface area contributed by atoms with Crippen molar-refractivity contribution in [1.82, 2.24) is 5.32 Å². The van der Waals surface area contributed by atoms with Crippen LogP contribution in [0.3, 0.4) is 0 Å². The largest absolute Gasteiger partial charge is 0.496 e. The molecule has 4 heteroatoms. The highest BCUT2D eigenvalue weighted by Gasteiger charge is 2.10. The molecule has 1 aromatic rings. The third-order valence-electron chi connectivity index (χ3n) is 2.47. The van der Waals surface area contributed by atoms with Gasteiger partial charge in [-0.15, -0.1) is 0 Å². The third-order valence-corrected chi connectivity index (χ3v) is 2.47. The third kappa shape index (κ3) is 2.85. The molecule has 0 unspecified atom stereocenters. The van der Waals surface area contributed by atoms with E-state index < -0.39 is 6.67 Å². The molecule has 90 valence electrons. The Hall–Kier alpha value is -1.29. The molecule has 1 aromatic carbocycles. The van der Waals surface area contributed by atoms with Gasteiger partial charge in [0.2, 0.25) is 0 Å². The van der Waals surface area contributed by atoms with E-state index in [1.165, 1.54) is 0 Å². The number of ether oxygens (including phenoxy) is 2. The van der Waals surface area contributed by atoms with Crippen LogP contribution in [0.2, 0.25) is 0 Å². The number of methoxy groups -OCH3 is 2. The molecule has 0 heterocycles. The fourth-order valence-electron chi connectivity index (χ4n) is 1.58. The Morgan fingerprint density at radius 2 is 1.69 bits per heavy atom. The summed E-state index contributed by atoms with van der Waals surface area (Å²) in [7, 11) is 5.02. The maximum Gasteiger partial charge on any atom is 0.125 e. The van der Waals surface area contributed by atoms with Crippen LogP contribution in [-0.2, 0) is 13.1 Å². The minimum Gasteiger partial charge on any atom is -0.496 e. The SMILES string of the molecule is CNCCc1cc(OC)c(CF)cc1OC. The molecule has 0 saturated heterocycles. The first-order valence-electron chi connectivity index (χ1n) is 5.21. The molecule has 1 rings (SSSR count). The van der Waals surface area contributed by atoms with Crippen LogP contribution in [0.15, 0.2) is 12.1 Å². The zero-order valence-electron chi connectivity index (χ0n) is 9.97. The highest BCUT2D eigenvalue weighted by atomic mass is 19.1. The van der Waals surface area contributed by atoms with Gasteiger partial charge in [-0.2, -0.15) is 0 Å². The summed E-state index contributed by atoms with van der Waals surface area (Å²) < 4.78 is 23.1. The van der Waals surface area contributed by atoms with Gasteiger partial charge in [0, 0.05) is 5.56 Å². The first kappa shape index (κ1) is 12.8. The van der Waals surface area contributed by atoms with Gasteiger partial charge in [0.05, 0.1) is 14.2 Å². The van der Waals surface area contributed by atoms with Crippen LogP contribution < -0.4 is 14.8 Å². The van der Waals surface area contributed by atoms with Gasteiger partial charge in [-0.1, -0.05) is 0 Å². The van der Waals surface area contributed by atoms with Crippen molar-refractivity contribution in [1.29, 1.82) is 0 Å². The minimum absolute atomic E-state index is 0.521. The average molecular weight is 227 g/mol. The summed E-state index contributed by atoms with van der Waals surface area (Å²) in [5.74, 6) is 1.29. The molecule has 0 fully saturated rings. The van der Waals surface area contributed by atoms with Crippen molar-refractivity contribution >= 4 is 0 Å². The van der Waals surface area contributed by atoms with E-state index in [0.29, 0.717) is 17.1 Å². The molecule has 0 aromatic heterocycles. The van der Waals surface area contributed by atoms with E-state index in [1.807, 2.05) is 13.1 Å². The Labute approximate surface area is 95.6 Å². The Morgan fingerprint density at radius 3 is 2.19 bits per heavy atom. The van der Waals surface area contributed by atoms with E-state index in [-0.39, 0.29) is 0 Å². The molecule has 1 N–H and O–H groups in total. The summed E-state index contributed by atoms with van der Waals surface area (Å²) in [5.41, 5.74) is 1.54. The maximum atomic E-state index is 12.7. The van der Waals surface area contributed by atoms with Crippen molar-refractivity contribution in [2.75, 3.05) is 27.8 Å². The van der Waals surface area contributed by atoms with Crippen molar-refractivity contribution in [3.05, 3.63) is 23.3 Å². The van der Waals surface area contributed by atoms with Gasteiger partial charge in [-0.25, -0.2) is 4.39 Å². The molecule has 0 radical (unpaired) electrons. The van der Waals surface area contributed by atoms with Crippen LogP contribution in [0.25, 0.3) is 0 Å². The number of nitrogens with one attached hydrogen (secondary N) is 1. The van der Waals surface area contributed by atoms with E-state index in [4.69, 9.17) is 9.47 Å². The lowest BCUT2D eigenvalue weighted by molar-refractivity contribution is 0.382. The van der Waals surface area contributed by atoms with Gasteiger partial charge >= 0.3 is 0 Å². The quantitative estimate of drug-likeness (QED) is 0.805. The lowest BCUT2D eigenvalue weighted by atomic mass is 10.1. The Bertz CT molecular complexity index is 342. The maximum absolute atomic E-state index is 12.7.